The van der Waals surface area contributed by atoms with Crippen LogP contribution >= 0.6 is 22.9 Å². The van der Waals surface area contributed by atoms with E-state index in [1.165, 1.54) is 11.3 Å². The molecule has 0 saturated heterocycles. The predicted octanol–water partition coefficient (Wildman–Crippen LogP) is 5.31. The van der Waals surface area contributed by atoms with Gasteiger partial charge < -0.3 is 5.32 Å². The van der Waals surface area contributed by atoms with Crippen LogP contribution in [0, 0.1) is 6.92 Å². The topological polar surface area (TPSA) is 88.2 Å². The normalized spacial score (nSPS) is 11.4. The lowest BCUT2D eigenvalue weighted by Crippen LogP contribution is -2.12. The van der Waals surface area contributed by atoms with Gasteiger partial charge in [0.25, 0.3) is 15.9 Å². The van der Waals surface area contributed by atoms with Crippen LogP contribution in [0.4, 0.5) is 10.8 Å². The van der Waals surface area contributed by atoms with Gasteiger partial charge in [-0.3, -0.25) is 9.52 Å². The van der Waals surface area contributed by atoms with Gasteiger partial charge in [-0.1, -0.05) is 52.8 Å². The van der Waals surface area contributed by atoms with Gasteiger partial charge >= 0.3 is 0 Å². The highest BCUT2D eigenvalue weighted by Gasteiger charge is 2.17. The number of aromatic nitrogens is 1. The van der Waals surface area contributed by atoms with E-state index in [2.05, 4.69) is 15.0 Å². The number of fused-ring (bicyclic) bond motifs is 1. The van der Waals surface area contributed by atoms with Crippen LogP contribution in [0.3, 0.4) is 0 Å². The first kappa shape index (κ1) is 20.3. The fourth-order valence-corrected chi connectivity index (χ4v) is 5.14. The maximum Gasteiger partial charge on any atom is 0.263 e. The summed E-state index contributed by atoms with van der Waals surface area (Å²) in [6.07, 6.45) is 0. The van der Waals surface area contributed by atoms with Gasteiger partial charge in [-0.05, 0) is 49.4 Å². The van der Waals surface area contributed by atoms with E-state index in [-0.39, 0.29) is 15.9 Å². The molecule has 152 valence electrons. The molecule has 0 aliphatic carbocycles. The monoisotopic (exact) mass is 457 g/mol. The number of rotatable bonds is 5. The Kier molecular flexibility index (Phi) is 5.46. The summed E-state index contributed by atoms with van der Waals surface area (Å²) in [7, 11) is -3.73. The van der Waals surface area contributed by atoms with Crippen molar-refractivity contribution in [2.24, 2.45) is 0 Å². The maximum atomic E-state index is 12.6. The summed E-state index contributed by atoms with van der Waals surface area (Å²) in [5, 5.41) is 3.41. The highest BCUT2D eigenvalue weighted by molar-refractivity contribution is 7.93. The minimum absolute atomic E-state index is 0.167. The van der Waals surface area contributed by atoms with E-state index in [1.807, 2.05) is 6.92 Å². The minimum Gasteiger partial charge on any atom is -0.322 e. The molecule has 9 heteroatoms. The van der Waals surface area contributed by atoms with Crippen molar-refractivity contribution in [1.82, 2.24) is 4.98 Å². The Morgan fingerprint density at radius 3 is 2.50 bits per heavy atom. The van der Waals surface area contributed by atoms with Gasteiger partial charge in [-0.25, -0.2) is 13.4 Å². The SMILES string of the molecule is Cc1ccc(S(=O)(=O)Nc2nc3ccc(NC(=O)c4ccccc4Cl)cc3s2)cc1. The number of hydrogen-bond donors (Lipinski definition) is 2. The van der Waals surface area contributed by atoms with E-state index < -0.39 is 10.0 Å². The molecule has 0 aliphatic rings. The first-order valence-electron chi connectivity index (χ1n) is 8.88. The minimum atomic E-state index is -3.73. The van der Waals surface area contributed by atoms with Crippen LogP contribution in [0.5, 0.6) is 0 Å². The van der Waals surface area contributed by atoms with E-state index in [1.54, 1.807) is 66.7 Å². The van der Waals surface area contributed by atoms with Crippen molar-refractivity contribution in [3.8, 4) is 0 Å². The number of aryl methyl sites for hydroxylation is 1. The number of amides is 1. The fourth-order valence-electron chi connectivity index (χ4n) is 2.78. The average Bonchev–Trinajstić information content (AvgIpc) is 3.09. The van der Waals surface area contributed by atoms with Crippen molar-refractivity contribution in [3.63, 3.8) is 0 Å². The van der Waals surface area contributed by atoms with Crippen LogP contribution in [-0.2, 0) is 10.0 Å². The van der Waals surface area contributed by atoms with E-state index in [9.17, 15) is 13.2 Å². The van der Waals surface area contributed by atoms with Crippen molar-refractivity contribution in [2.75, 3.05) is 10.0 Å². The van der Waals surface area contributed by atoms with E-state index in [0.717, 1.165) is 10.3 Å². The Labute approximate surface area is 182 Å². The molecule has 0 saturated carbocycles. The lowest BCUT2D eigenvalue weighted by molar-refractivity contribution is 0.102. The quantitative estimate of drug-likeness (QED) is 0.425. The van der Waals surface area contributed by atoms with Crippen molar-refractivity contribution < 1.29 is 13.2 Å². The third-order valence-corrected chi connectivity index (χ3v) is 7.06. The Morgan fingerprint density at radius 1 is 1.03 bits per heavy atom. The van der Waals surface area contributed by atoms with Crippen LogP contribution in [0.1, 0.15) is 15.9 Å². The van der Waals surface area contributed by atoms with Crippen LogP contribution in [0.15, 0.2) is 71.6 Å². The van der Waals surface area contributed by atoms with Crippen molar-refractivity contribution in [3.05, 3.63) is 82.9 Å². The molecule has 4 rings (SSSR count). The predicted molar refractivity (Wildman–Crippen MR) is 121 cm³/mol. The van der Waals surface area contributed by atoms with Gasteiger partial charge in [0.15, 0.2) is 5.13 Å². The fraction of sp³-hybridized carbons (Fsp3) is 0.0476. The number of nitrogens with one attached hydrogen (secondary N) is 2. The molecule has 2 N–H and O–H groups in total. The van der Waals surface area contributed by atoms with E-state index in [0.29, 0.717) is 21.8 Å². The summed E-state index contributed by atoms with van der Waals surface area (Å²) >= 11 is 7.25. The third-order valence-electron chi connectivity index (χ3n) is 4.32. The van der Waals surface area contributed by atoms with Crippen molar-refractivity contribution in [2.45, 2.75) is 11.8 Å². The summed E-state index contributed by atoms with van der Waals surface area (Å²) < 4.78 is 28.4. The molecule has 0 atom stereocenters. The van der Waals surface area contributed by atoms with Crippen molar-refractivity contribution >= 4 is 59.9 Å². The second kappa shape index (κ2) is 8.06. The number of halogens is 1. The number of nitrogens with zero attached hydrogens (tertiary/aromatic N) is 1. The molecule has 0 fully saturated rings. The summed E-state index contributed by atoms with van der Waals surface area (Å²) in [5.74, 6) is -0.329. The molecule has 0 unspecified atom stereocenters. The second-order valence-electron chi connectivity index (χ2n) is 6.55. The van der Waals surface area contributed by atoms with Gasteiger partial charge in [0.05, 0.1) is 25.7 Å². The van der Waals surface area contributed by atoms with Gasteiger partial charge in [-0.15, -0.1) is 0 Å². The molecule has 0 radical (unpaired) electrons. The molecule has 1 amide bonds. The molecule has 3 aromatic carbocycles. The number of hydrogen-bond acceptors (Lipinski definition) is 5. The molecule has 4 aromatic rings. The Hall–Kier alpha value is -2.94. The second-order valence-corrected chi connectivity index (χ2v) is 9.67. The van der Waals surface area contributed by atoms with E-state index >= 15 is 0 Å². The maximum absolute atomic E-state index is 12.6. The number of carbonyl (C=O) groups is 1. The highest BCUT2D eigenvalue weighted by atomic mass is 35.5. The molecule has 30 heavy (non-hydrogen) atoms. The summed E-state index contributed by atoms with van der Waals surface area (Å²) in [5.41, 5.74) is 2.52. The number of carbonyl (C=O) groups excluding carboxylic acids is 1. The largest absolute Gasteiger partial charge is 0.322 e. The molecule has 1 aromatic heterocycles. The van der Waals surface area contributed by atoms with Crippen LogP contribution in [0.2, 0.25) is 5.02 Å². The first-order valence-corrected chi connectivity index (χ1v) is 11.6. The molecule has 0 aliphatic heterocycles. The molecular weight excluding hydrogens is 442 g/mol. The van der Waals surface area contributed by atoms with Gasteiger partial charge in [-0.2, -0.15) is 0 Å². The van der Waals surface area contributed by atoms with Crippen LogP contribution in [-0.4, -0.2) is 19.3 Å². The van der Waals surface area contributed by atoms with Gasteiger partial charge in [0.2, 0.25) is 0 Å². The van der Waals surface area contributed by atoms with Crippen molar-refractivity contribution in [1.29, 1.82) is 0 Å². The van der Waals surface area contributed by atoms with Crippen LogP contribution < -0.4 is 10.0 Å². The first-order chi connectivity index (χ1) is 14.3. The number of thiazole rings is 1. The Bertz CT molecular complexity index is 1350. The highest BCUT2D eigenvalue weighted by Crippen LogP contribution is 2.30. The summed E-state index contributed by atoms with van der Waals surface area (Å²) in [4.78, 5) is 16.9. The zero-order valence-corrected chi connectivity index (χ0v) is 18.1. The standard InChI is InChI=1S/C21H16ClN3O3S2/c1-13-6-9-15(10-7-13)30(27,28)25-21-24-18-11-8-14(12-19(18)29-21)23-20(26)16-4-2-3-5-17(16)22/h2-12H,1H3,(H,23,26)(H,24,25). The number of anilines is 2. The average molecular weight is 458 g/mol. The zero-order valence-electron chi connectivity index (χ0n) is 15.7. The number of benzene rings is 3. The lowest BCUT2D eigenvalue weighted by atomic mass is 10.2. The third kappa shape index (κ3) is 4.30. The van der Waals surface area contributed by atoms with Gasteiger partial charge in [0, 0.05) is 5.69 Å². The Morgan fingerprint density at radius 2 is 1.77 bits per heavy atom. The molecule has 6 nitrogen and oxygen atoms in total. The molecule has 1 heterocycles. The molecule has 0 bridgehead atoms. The smallest absolute Gasteiger partial charge is 0.263 e. The lowest BCUT2D eigenvalue weighted by Gasteiger charge is -2.06. The van der Waals surface area contributed by atoms with Crippen LogP contribution in [0.25, 0.3) is 10.2 Å². The molecule has 0 spiro atoms. The van der Waals surface area contributed by atoms with Gasteiger partial charge in [0.1, 0.15) is 0 Å². The summed E-state index contributed by atoms with van der Waals surface area (Å²) in [6, 6.07) is 18.5. The Balaban J connectivity index is 1.56. The number of sulfonamides is 1. The van der Waals surface area contributed by atoms with E-state index in [4.69, 9.17) is 11.6 Å². The summed E-state index contributed by atoms with van der Waals surface area (Å²) in [6.45, 7) is 1.89. The zero-order chi connectivity index (χ0) is 21.3. The molecular formula is C21H16ClN3O3S2.